The number of hydrogen-bond donors (Lipinski definition) is 1. The predicted octanol–water partition coefficient (Wildman–Crippen LogP) is 0.0416. The zero-order valence-corrected chi connectivity index (χ0v) is 9.83. The molecule has 0 bridgehead atoms. The first-order chi connectivity index (χ1) is 8.31. The Morgan fingerprint density at radius 3 is 2.88 bits per heavy atom. The Balaban J connectivity index is 1.91. The summed E-state index contributed by atoms with van der Waals surface area (Å²) in [5, 5.41) is 12.8. The molecule has 0 spiro atoms. The van der Waals surface area contributed by atoms with E-state index in [9.17, 15) is 4.79 Å². The third kappa shape index (κ3) is 3.03. The SMILES string of the molecule is O=C(Cn1cncn1)N(CCCO)C1CCC1. The first kappa shape index (κ1) is 12.0. The Kier molecular flexibility index (Phi) is 4.08. The first-order valence-electron chi connectivity index (χ1n) is 6.04. The van der Waals surface area contributed by atoms with Crippen LogP contribution in [0.2, 0.25) is 0 Å². The topological polar surface area (TPSA) is 71.2 Å². The fraction of sp³-hybridized carbons (Fsp3) is 0.727. The highest BCUT2D eigenvalue weighted by atomic mass is 16.3. The number of amides is 1. The van der Waals surface area contributed by atoms with E-state index in [1.54, 1.807) is 6.33 Å². The van der Waals surface area contributed by atoms with Gasteiger partial charge in [0.25, 0.3) is 0 Å². The molecule has 17 heavy (non-hydrogen) atoms. The second-order valence-electron chi connectivity index (χ2n) is 4.34. The molecule has 1 aliphatic rings. The van der Waals surface area contributed by atoms with Crippen molar-refractivity contribution in [3.63, 3.8) is 0 Å². The molecule has 1 fully saturated rings. The number of rotatable bonds is 6. The third-order valence-electron chi connectivity index (χ3n) is 3.16. The molecule has 1 N–H and O–H groups in total. The lowest BCUT2D eigenvalue weighted by atomic mass is 9.91. The smallest absolute Gasteiger partial charge is 0.244 e. The average molecular weight is 238 g/mol. The maximum Gasteiger partial charge on any atom is 0.244 e. The van der Waals surface area contributed by atoms with Crippen LogP contribution in [0, 0.1) is 0 Å². The lowest BCUT2D eigenvalue weighted by Gasteiger charge is -2.37. The Labute approximate surface area is 100 Å². The molecular formula is C11H18N4O2. The number of carbonyl (C=O) groups excluding carboxylic acids is 1. The van der Waals surface area contributed by atoms with Crippen LogP contribution in [-0.2, 0) is 11.3 Å². The van der Waals surface area contributed by atoms with Crippen LogP contribution in [0.5, 0.6) is 0 Å². The van der Waals surface area contributed by atoms with Crippen LogP contribution in [0.4, 0.5) is 0 Å². The van der Waals surface area contributed by atoms with E-state index in [0.717, 1.165) is 12.8 Å². The normalized spacial score (nSPS) is 15.6. The van der Waals surface area contributed by atoms with Crippen molar-refractivity contribution >= 4 is 5.91 Å². The standard InChI is InChI=1S/C11H18N4O2/c16-6-2-5-15(10-3-1-4-10)11(17)7-14-9-12-8-13-14/h8-10,16H,1-7H2. The summed E-state index contributed by atoms with van der Waals surface area (Å²) in [4.78, 5) is 17.8. The summed E-state index contributed by atoms with van der Waals surface area (Å²) in [7, 11) is 0. The number of aliphatic hydroxyl groups excluding tert-OH is 1. The van der Waals surface area contributed by atoms with Crippen LogP contribution in [0.1, 0.15) is 25.7 Å². The summed E-state index contributed by atoms with van der Waals surface area (Å²) in [6.45, 7) is 0.996. The molecule has 1 aromatic rings. The minimum absolute atomic E-state index is 0.0636. The molecule has 1 saturated carbocycles. The molecule has 6 heteroatoms. The number of aromatic nitrogens is 3. The summed E-state index contributed by atoms with van der Waals surface area (Å²) in [6, 6.07) is 0.359. The molecule has 0 aromatic carbocycles. The molecular weight excluding hydrogens is 220 g/mol. The number of aliphatic hydroxyl groups is 1. The Bertz CT molecular complexity index is 348. The number of carbonyl (C=O) groups is 1. The highest BCUT2D eigenvalue weighted by Gasteiger charge is 2.28. The van der Waals surface area contributed by atoms with Crippen LogP contribution in [-0.4, -0.2) is 49.9 Å². The molecule has 0 unspecified atom stereocenters. The Morgan fingerprint density at radius 2 is 2.35 bits per heavy atom. The Morgan fingerprint density at radius 1 is 1.53 bits per heavy atom. The molecule has 0 aliphatic heterocycles. The van der Waals surface area contributed by atoms with Gasteiger partial charge in [0, 0.05) is 19.2 Å². The van der Waals surface area contributed by atoms with E-state index >= 15 is 0 Å². The third-order valence-corrected chi connectivity index (χ3v) is 3.16. The fourth-order valence-corrected chi connectivity index (χ4v) is 1.99. The van der Waals surface area contributed by atoms with E-state index in [4.69, 9.17) is 5.11 Å². The quantitative estimate of drug-likeness (QED) is 0.759. The number of hydrogen-bond acceptors (Lipinski definition) is 4. The number of nitrogens with zero attached hydrogens (tertiary/aromatic N) is 4. The van der Waals surface area contributed by atoms with Gasteiger partial charge in [-0.2, -0.15) is 5.10 Å². The van der Waals surface area contributed by atoms with Crippen molar-refractivity contribution in [2.45, 2.75) is 38.3 Å². The molecule has 0 radical (unpaired) electrons. The second-order valence-corrected chi connectivity index (χ2v) is 4.34. The monoisotopic (exact) mass is 238 g/mol. The van der Waals surface area contributed by atoms with Gasteiger partial charge in [-0.15, -0.1) is 0 Å². The first-order valence-corrected chi connectivity index (χ1v) is 6.04. The zero-order valence-electron chi connectivity index (χ0n) is 9.83. The van der Waals surface area contributed by atoms with Crippen LogP contribution in [0.25, 0.3) is 0 Å². The fourth-order valence-electron chi connectivity index (χ4n) is 1.99. The Hall–Kier alpha value is -1.43. The van der Waals surface area contributed by atoms with Gasteiger partial charge < -0.3 is 10.0 Å². The van der Waals surface area contributed by atoms with E-state index in [-0.39, 0.29) is 19.1 Å². The molecule has 1 heterocycles. The average Bonchev–Trinajstić information content (AvgIpc) is 2.73. The van der Waals surface area contributed by atoms with Crippen LogP contribution in [0.3, 0.4) is 0 Å². The molecule has 1 amide bonds. The van der Waals surface area contributed by atoms with E-state index in [2.05, 4.69) is 10.1 Å². The van der Waals surface area contributed by atoms with Gasteiger partial charge in [-0.05, 0) is 25.7 Å². The summed E-state index contributed by atoms with van der Waals surface area (Å²) in [6.07, 6.45) is 6.96. The van der Waals surface area contributed by atoms with Crippen molar-refractivity contribution in [1.29, 1.82) is 0 Å². The van der Waals surface area contributed by atoms with E-state index in [1.807, 2.05) is 4.90 Å². The van der Waals surface area contributed by atoms with Crippen LogP contribution in [0.15, 0.2) is 12.7 Å². The van der Waals surface area contributed by atoms with Gasteiger partial charge in [0.1, 0.15) is 19.2 Å². The van der Waals surface area contributed by atoms with Crippen molar-refractivity contribution in [3.05, 3.63) is 12.7 Å². The van der Waals surface area contributed by atoms with Crippen molar-refractivity contribution < 1.29 is 9.90 Å². The van der Waals surface area contributed by atoms with E-state index in [1.165, 1.54) is 17.4 Å². The molecule has 0 atom stereocenters. The van der Waals surface area contributed by atoms with Crippen LogP contribution < -0.4 is 0 Å². The van der Waals surface area contributed by atoms with Crippen molar-refractivity contribution in [3.8, 4) is 0 Å². The maximum atomic E-state index is 12.1. The predicted molar refractivity (Wildman–Crippen MR) is 61.1 cm³/mol. The van der Waals surface area contributed by atoms with Gasteiger partial charge in [0.15, 0.2) is 0 Å². The second kappa shape index (κ2) is 5.77. The van der Waals surface area contributed by atoms with Crippen LogP contribution >= 0.6 is 0 Å². The van der Waals surface area contributed by atoms with Gasteiger partial charge in [-0.1, -0.05) is 0 Å². The summed E-state index contributed by atoms with van der Waals surface area (Å²) >= 11 is 0. The molecule has 1 aliphatic carbocycles. The summed E-state index contributed by atoms with van der Waals surface area (Å²) in [5.41, 5.74) is 0. The minimum Gasteiger partial charge on any atom is -0.396 e. The highest BCUT2D eigenvalue weighted by molar-refractivity contribution is 5.76. The van der Waals surface area contributed by atoms with E-state index in [0.29, 0.717) is 19.0 Å². The zero-order chi connectivity index (χ0) is 12.1. The van der Waals surface area contributed by atoms with E-state index < -0.39 is 0 Å². The highest BCUT2D eigenvalue weighted by Crippen LogP contribution is 2.25. The minimum atomic E-state index is 0.0636. The molecule has 6 nitrogen and oxygen atoms in total. The largest absolute Gasteiger partial charge is 0.396 e. The van der Waals surface area contributed by atoms with Gasteiger partial charge in [0.05, 0.1) is 0 Å². The molecule has 1 aromatic heterocycles. The molecule has 94 valence electrons. The van der Waals surface area contributed by atoms with Crippen molar-refractivity contribution in [2.24, 2.45) is 0 Å². The summed E-state index contributed by atoms with van der Waals surface area (Å²) in [5.74, 6) is 0.0636. The van der Waals surface area contributed by atoms with Gasteiger partial charge in [0.2, 0.25) is 5.91 Å². The van der Waals surface area contributed by atoms with Gasteiger partial charge in [-0.3, -0.25) is 4.79 Å². The maximum absolute atomic E-state index is 12.1. The lowest BCUT2D eigenvalue weighted by Crippen LogP contribution is -2.46. The van der Waals surface area contributed by atoms with Crippen molar-refractivity contribution in [1.82, 2.24) is 19.7 Å². The summed E-state index contributed by atoms with van der Waals surface area (Å²) < 4.78 is 1.53. The van der Waals surface area contributed by atoms with Crippen molar-refractivity contribution in [2.75, 3.05) is 13.2 Å². The molecule has 2 rings (SSSR count). The van der Waals surface area contributed by atoms with Gasteiger partial charge >= 0.3 is 0 Å². The van der Waals surface area contributed by atoms with Gasteiger partial charge in [-0.25, -0.2) is 9.67 Å². The lowest BCUT2D eigenvalue weighted by molar-refractivity contribution is -0.136. The molecule has 0 saturated heterocycles.